The van der Waals surface area contributed by atoms with Crippen LogP contribution in [0, 0.1) is 0 Å². The van der Waals surface area contributed by atoms with Crippen LogP contribution in [-0.2, 0) is 0 Å². The molecule has 4 N–H and O–H groups in total. The lowest BCUT2D eigenvalue weighted by molar-refractivity contribution is 0.0696. The number of carbonyl (C=O) groups excluding carboxylic acids is 1. The summed E-state index contributed by atoms with van der Waals surface area (Å²) >= 11 is 0. The summed E-state index contributed by atoms with van der Waals surface area (Å²) in [5.74, 6) is -0.472. The van der Waals surface area contributed by atoms with Crippen molar-refractivity contribution in [2.45, 2.75) is 6.04 Å². The number of aromatic carboxylic acids is 1. The minimum atomic E-state index is -1.05. The maximum atomic E-state index is 11.5. The smallest absolute Gasteiger partial charge is 0.337 e. The average Bonchev–Trinajstić information content (AvgIpc) is 2.79. The molecule has 3 heterocycles. The van der Waals surface area contributed by atoms with E-state index in [2.05, 4.69) is 10.3 Å². The first-order chi connectivity index (χ1) is 9.56. The Morgan fingerprint density at radius 1 is 1.50 bits per heavy atom. The second kappa shape index (κ2) is 4.55. The molecule has 20 heavy (non-hydrogen) atoms. The molecule has 1 unspecified atom stereocenters. The highest BCUT2D eigenvalue weighted by Crippen LogP contribution is 2.25. The van der Waals surface area contributed by atoms with Crippen molar-refractivity contribution in [1.82, 2.24) is 15.2 Å². The number of carboxylic acids is 1. The van der Waals surface area contributed by atoms with Crippen molar-refractivity contribution >= 4 is 23.5 Å². The molecule has 2 aliphatic rings. The number of rotatable bonds is 2. The maximum Gasteiger partial charge on any atom is 0.337 e. The van der Waals surface area contributed by atoms with Crippen molar-refractivity contribution in [3.8, 4) is 0 Å². The minimum Gasteiger partial charge on any atom is -0.478 e. The highest BCUT2D eigenvalue weighted by atomic mass is 16.4. The van der Waals surface area contributed by atoms with E-state index in [0.29, 0.717) is 37.7 Å². The molecule has 2 fully saturated rings. The highest BCUT2D eigenvalue weighted by Gasteiger charge is 2.36. The first-order valence-corrected chi connectivity index (χ1v) is 6.34. The van der Waals surface area contributed by atoms with Gasteiger partial charge in [-0.2, -0.15) is 0 Å². The zero-order chi connectivity index (χ0) is 14.3. The number of carboxylic acid groups (broad SMARTS) is 1. The SMILES string of the molecule is Nc1cc(C(=O)O)cnc1N1CCN2C(=O)NCC2C1. The molecule has 2 saturated heterocycles. The zero-order valence-electron chi connectivity index (χ0n) is 10.7. The van der Waals surface area contributed by atoms with Gasteiger partial charge in [0, 0.05) is 32.4 Å². The predicted octanol–water partition coefficient (Wildman–Crippen LogP) is -0.424. The number of hydrogen-bond acceptors (Lipinski definition) is 5. The zero-order valence-corrected chi connectivity index (χ0v) is 10.7. The molecule has 106 valence electrons. The van der Waals surface area contributed by atoms with Crippen molar-refractivity contribution in [3.05, 3.63) is 17.8 Å². The highest BCUT2D eigenvalue weighted by molar-refractivity contribution is 5.89. The molecule has 3 rings (SSSR count). The molecular weight excluding hydrogens is 262 g/mol. The number of carbonyl (C=O) groups is 2. The summed E-state index contributed by atoms with van der Waals surface area (Å²) in [4.78, 5) is 30.3. The quantitative estimate of drug-likeness (QED) is 0.676. The van der Waals surface area contributed by atoms with Crippen LogP contribution in [0.4, 0.5) is 16.3 Å². The first kappa shape index (κ1) is 12.5. The van der Waals surface area contributed by atoms with Crippen molar-refractivity contribution < 1.29 is 14.7 Å². The number of anilines is 2. The molecular formula is C12H15N5O3. The number of nitrogen functional groups attached to an aromatic ring is 1. The van der Waals surface area contributed by atoms with E-state index in [1.54, 1.807) is 4.90 Å². The molecule has 2 amide bonds. The monoisotopic (exact) mass is 277 g/mol. The van der Waals surface area contributed by atoms with Crippen LogP contribution in [0.5, 0.6) is 0 Å². The number of nitrogens with zero attached hydrogens (tertiary/aromatic N) is 3. The van der Waals surface area contributed by atoms with Gasteiger partial charge in [0.2, 0.25) is 0 Å². The lowest BCUT2D eigenvalue weighted by Crippen LogP contribution is -2.52. The van der Waals surface area contributed by atoms with Crippen LogP contribution in [0.1, 0.15) is 10.4 Å². The molecule has 8 heteroatoms. The van der Waals surface area contributed by atoms with Crippen LogP contribution in [0.2, 0.25) is 0 Å². The van der Waals surface area contributed by atoms with Crippen molar-refractivity contribution in [2.75, 3.05) is 36.8 Å². The number of hydrogen-bond donors (Lipinski definition) is 3. The van der Waals surface area contributed by atoms with Gasteiger partial charge in [-0.05, 0) is 6.07 Å². The van der Waals surface area contributed by atoms with Gasteiger partial charge in [-0.3, -0.25) is 0 Å². The van der Waals surface area contributed by atoms with Crippen molar-refractivity contribution in [3.63, 3.8) is 0 Å². The van der Waals surface area contributed by atoms with E-state index in [-0.39, 0.29) is 17.6 Å². The molecule has 1 aromatic rings. The third-order valence-electron chi connectivity index (χ3n) is 3.67. The van der Waals surface area contributed by atoms with E-state index in [9.17, 15) is 9.59 Å². The Labute approximate surface area is 115 Å². The van der Waals surface area contributed by atoms with Gasteiger partial charge in [0.1, 0.15) is 0 Å². The number of amides is 2. The summed E-state index contributed by atoms with van der Waals surface area (Å²) in [6.07, 6.45) is 1.30. The van der Waals surface area contributed by atoms with Gasteiger partial charge in [0.15, 0.2) is 5.82 Å². The number of urea groups is 1. The molecule has 0 aromatic carbocycles. The van der Waals surface area contributed by atoms with Crippen LogP contribution in [0.3, 0.4) is 0 Å². The average molecular weight is 277 g/mol. The summed E-state index contributed by atoms with van der Waals surface area (Å²) in [5, 5.41) is 11.7. The number of pyridine rings is 1. The fraction of sp³-hybridized carbons (Fsp3) is 0.417. The largest absolute Gasteiger partial charge is 0.478 e. The van der Waals surface area contributed by atoms with Gasteiger partial charge >= 0.3 is 12.0 Å². The molecule has 2 aliphatic heterocycles. The Kier molecular flexibility index (Phi) is 2.85. The van der Waals surface area contributed by atoms with E-state index in [1.165, 1.54) is 12.3 Å². The third kappa shape index (κ3) is 1.98. The first-order valence-electron chi connectivity index (χ1n) is 6.34. The molecule has 1 aromatic heterocycles. The third-order valence-corrected chi connectivity index (χ3v) is 3.67. The second-order valence-electron chi connectivity index (χ2n) is 4.92. The summed E-state index contributed by atoms with van der Waals surface area (Å²) in [6.45, 7) is 2.50. The molecule has 8 nitrogen and oxygen atoms in total. The number of nitrogens with one attached hydrogen (secondary N) is 1. The van der Waals surface area contributed by atoms with Gasteiger partial charge in [-0.15, -0.1) is 0 Å². The molecule has 0 bridgehead atoms. The van der Waals surface area contributed by atoms with Crippen molar-refractivity contribution in [2.24, 2.45) is 0 Å². The van der Waals surface area contributed by atoms with Gasteiger partial charge in [-0.1, -0.05) is 0 Å². The van der Waals surface area contributed by atoms with Gasteiger partial charge in [-0.25, -0.2) is 14.6 Å². The Hall–Kier alpha value is -2.51. The molecule has 1 atom stereocenters. The molecule has 0 spiro atoms. The number of aromatic nitrogens is 1. The lowest BCUT2D eigenvalue weighted by Gasteiger charge is -2.37. The Balaban J connectivity index is 1.80. The van der Waals surface area contributed by atoms with Gasteiger partial charge in [0.05, 0.1) is 17.3 Å². The minimum absolute atomic E-state index is 0.0307. The van der Waals surface area contributed by atoms with E-state index in [4.69, 9.17) is 10.8 Å². The van der Waals surface area contributed by atoms with Crippen LogP contribution in [0.25, 0.3) is 0 Å². The van der Waals surface area contributed by atoms with Crippen LogP contribution in [0.15, 0.2) is 12.3 Å². The predicted molar refractivity (Wildman–Crippen MR) is 71.7 cm³/mol. The topological polar surface area (TPSA) is 112 Å². The van der Waals surface area contributed by atoms with Gasteiger partial charge < -0.3 is 26.0 Å². The summed E-state index contributed by atoms with van der Waals surface area (Å²) < 4.78 is 0. The standard InChI is InChI=1S/C12H15N5O3/c13-9-3-7(11(18)19)4-14-10(9)16-1-2-17-8(6-16)5-15-12(17)20/h3-4,8H,1-2,5-6,13H2,(H,15,20)(H,18,19). The van der Waals surface area contributed by atoms with E-state index in [1.807, 2.05) is 4.90 Å². The molecule has 0 radical (unpaired) electrons. The number of fused-ring (bicyclic) bond motifs is 1. The van der Waals surface area contributed by atoms with Crippen LogP contribution in [-0.4, -0.2) is 59.2 Å². The Bertz CT molecular complexity index is 576. The Morgan fingerprint density at radius 3 is 3.00 bits per heavy atom. The maximum absolute atomic E-state index is 11.5. The fourth-order valence-electron chi connectivity index (χ4n) is 2.65. The normalized spacial score (nSPS) is 21.6. The van der Waals surface area contributed by atoms with Gasteiger partial charge in [0.25, 0.3) is 0 Å². The van der Waals surface area contributed by atoms with E-state index >= 15 is 0 Å². The summed E-state index contributed by atoms with van der Waals surface area (Å²) in [7, 11) is 0. The van der Waals surface area contributed by atoms with E-state index in [0.717, 1.165) is 0 Å². The van der Waals surface area contributed by atoms with E-state index < -0.39 is 5.97 Å². The van der Waals surface area contributed by atoms with Crippen LogP contribution < -0.4 is 16.0 Å². The Morgan fingerprint density at radius 2 is 2.30 bits per heavy atom. The number of nitrogens with two attached hydrogens (primary N) is 1. The molecule has 0 aliphatic carbocycles. The summed E-state index contributed by atoms with van der Waals surface area (Å²) in [6, 6.07) is 1.49. The number of piperazine rings is 1. The fourth-order valence-corrected chi connectivity index (χ4v) is 2.65. The van der Waals surface area contributed by atoms with Crippen molar-refractivity contribution in [1.29, 1.82) is 0 Å². The summed E-state index contributed by atoms with van der Waals surface area (Å²) in [5.41, 5.74) is 6.31. The van der Waals surface area contributed by atoms with Crippen LogP contribution >= 0.6 is 0 Å². The second-order valence-corrected chi connectivity index (χ2v) is 4.92. The molecule has 0 saturated carbocycles. The lowest BCUT2D eigenvalue weighted by atomic mass is 10.2.